The summed E-state index contributed by atoms with van der Waals surface area (Å²) in [4.78, 5) is 29.8. The number of carbonyl (C=O) groups is 2. The van der Waals surface area contributed by atoms with Gasteiger partial charge in [-0.2, -0.15) is 0 Å². The van der Waals surface area contributed by atoms with Gasteiger partial charge in [0.15, 0.2) is 0 Å². The highest BCUT2D eigenvalue weighted by molar-refractivity contribution is 5.97. The van der Waals surface area contributed by atoms with E-state index in [2.05, 4.69) is 15.6 Å². The van der Waals surface area contributed by atoms with Gasteiger partial charge in [0.1, 0.15) is 12.1 Å². The molecule has 92 valence electrons. The quantitative estimate of drug-likeness (QED) is 0.637. The zero-order chi connectivity index (χ0) is 11.8. The fraction of sp³-hybridized carbons (Fsp3) is 0.727. The Labute approximate surface area is 99.4 Å². The van der Waals surface area contributed by atoms with Gasteiger partial charge in [0.05, 0.1) is 12.9 Å². The summed E-state index contributed by atoms with van der Waals surface area (Å²) in [6.45, 7) is 1.41. The van der Waals surface area contributed by atoms with Gasteiger partial charge in [-0.15, -0.1) is 0 Å². The highest BCUT2D eigenvalue weighted by Crippen LogP contribution is 2.23. The second-order valence-corrected chi connectivity index (χ2v) is 4.84. The van der Waals surface area contributed by atoms with Gasteiger partial charge in [-0.3, -0.25) is 14.6 Å². The molecule has 3 aliphatic rings. The number of carbonyl (C=O) groups excluding carboxylic acids is 2. The maximum absolute atomic E-state index is 12.2. The standard InChI is InChI=1S/C11H16N4O2/c16-10-9-2-1-3-15(9)11(17)8(14-10)4-7-5-12-6-13-7/h6-9H,1-5H2,(H,12,13)(H,14,16). The third-order valence-corrected chi connectivity index (χ3v) is 3.70. The molecule has 0 bridgehead atoms. The van der Waals surface area contributed by atoms with Crippen LogP contribution >= 0.6 is 0 Å². The van der Waals surface area contributed by atoms with Gasteiger partial charge < -0.3 is 15.5 Å². The number of nitrogens with zero attached hydrogens (tertiary/aromatic N) is 2. The minimum atomic E-state index is -0.379. The number of hydrogen-bond donors (Lipinski definition) is 2. The largest absolute Gasteiger partial charge is 0.372 e. The smallest absolute Gasteiger partial charge is 0.245 e. The summed E-state index contributed by atoms with van der Waals surface area (Å²) in [6.07, 6.45) is 4.02. The van der Waals surface area contributed by atoms with E-state index >= 15 is 0 Å². The van der Waals surface area contributed by atoms with Gasteiger partial charge in [-0.05, 0) is 19.3 Å². The monoisotopic (exact) mass is 236 g/mol. The highest BCUT2D eigenvalue weighted by atomic mass is 16.2. The molecule has 2 fully saturated rings. The fourth-order valence-corrected chi connectivity index (χ4v) is 2.81. The molecule has 0 aliphatic carbocycles. The van der Waals surface area contributed by atoms with Crippen LogP contribution in [-0.4, -0.2) is 54.3 Å². The molecule has 2 saturated heterocycles. The Hall–Kier alpha value is -1.59. The maximum atomic E-state index is 12.2. The van der Waals surface area contributed by atoms with Crippen molar-refractivity contribution in [2.45, 2.75) is 37.4 Å². The molecule has 3 unspecified atom stereocenters. The second kappa shape index (κ2) is 4.01. The summed E-state index contributed by atoms with van der Waals surface area (Å²) < 4.78 is 0. The van der Waals surface area contributed by atoms with Gasteiger partial charge >= 0.3 is 0 Å². The predicted molar refractivity (Wildman–Crippen MR) is 61.6 cm³/mol. The Morgan fingerprint density at radius 3 is 3.12 bits per heavy atom. The first kappa shape index (κ1) is 10.6. The molecule has 0 aromatic rings. The Balaban J connectivity index is 1.68. The molecule has 3 aliphatic heterocycles. The molecule has 2 amide bonds. The molecule has 2 N–H and O–H groups in total. The maximum Gasteiger partial charge on any atom is 0.245 e. The molecule has 0 saturated carbocycles. The van der Waals surface area contributed by atoms with Crippen LogP contribution in [-0.2, 0) is 9.59 Å². The fourth-order valence-electron chi connectivity index (χ4n) is 2.81. The molecule has 3 atom stereocenters. The zero-order valence-corrected chi connectivity index (χ0v) is 9.56. The molecule has 0 aromatic carbocycles. The number of piperazine rings is 1. The Kier molecular flexibility index (Phi) is 2.49. The molecule has 6 heteroatoms. The van der Waals surface area contributed by atoms with Crippen molar-refractivity contribution < 1.29 is 9.59 Å². The Morgan fingerprint density at radius 1 is 1.47 bits per heavy atom. The van der Waals surface area contributed by atoms with E-state index in [4.69, 9.17) is 0 Å². The molecule has 3 heterocycles. The molecule has 3 rings (SSSR count). The van der Waals surface area contributed by atoms with Crippen molar-refractivity contribution in [2.24, 2.45) is 4.99 Å². The lowest BCUT2D eigenvalue weighted by Gasteiger charge is -2.35. The van der Waals surface area contributed by atoms with Crippen molar-refractivity contribution >= 4 is 18.2 Å². The van der Waals surface area contributed by atoms with Crippen LogP contribution in [0.1, 0.15) is 19.3 Å². The van der Waals surface area contributed by atoms with Crippen LogP contribution in [0.25, 0.3) is 0 Å². The van der Waals surface area contributed by atoms with E-state index < -0.39 is 0 Å². The topological polar surface area (TPSA) is 73.8 Å². The van der Waals surface area contributed by atoms with E-state index in [0.29, 0.717) is 13.0 Å². The number of rotatable bonds is 2. The summed E-state index contributed by atoms with van der Waals surface area (Å²) in [5.41, 5.74) is 0. The lowest BCUT2D eigenvalue weighted by molar-refractivity contribution is -0.147. The average Bonchev–Trinajstić information content (AvgIpc) is 2.96. The van der Waals surface area contributed by atoms with Crippen molar-refractivity contribution in [3.05, 3.63) is 0 Å². The normalized spacial score (nSPS) is 35.8. The van der Waals surface area contributed by atoms with E-state index in [1.54, 1.807) is 11.2 Å². The van der Waals surface area contributed by atoms with Crippen LogP contribution in [0.2, 0.25) is 0 Å². The van der Waals surface area contributed by atoms with Gasteiger partial charge in [-0.25, -0.2) is 0 Å². The minimum absolute atomic E-state index is 0.00557. The summed E-state index contributed by atoms with van der Waals surface area (Å²) in [7, 11) is 0. The molecular weight excluding hydrogens is 220 g/mol. The lowest BCUT2D eigenvalue weighted by atomic mass is 10.0. The van der Waals surface area contributed by atoms with Crippen molar-refractivity contribution in [1.29, 1.82) is 0 Å². The number of amides is 2. The van der Waals surface area contributed by atoms with Crippen LogP contribution in [0.15, 0.2) is 4.99 Å². The van der Waals surface area contributed by atoms with E-state index in [9.17, 15) is 9.59 Å². The Morgan fingerprint density at radius 2 is 2.35 bits per heavy atom. The minimum Gasteiger partial charge on any atom is -0.372 e. The Bertz CT molecular complexity index is 374. The van der Waals surface area contributed by atoms with Crippen molar-refractivity contribution in [3.63, 3.8) is 0 Å². The molecule has 6 nitrogen and oxygen atoms in total. The third kappa shape index (κ3) is 1.77. The van der Waals surface area contributed by atoms with Crippen LogP contribution in [0.4, 0.5) is 0 Å². The van der Waals surface area contributed by atoms with Crippen LogP contribution in [0.3, 0.4) is 0 Å². The second-order valence-electron chi connectivity index (χ2n) is 4.84. The van der Waals surface area contributed by atoms with Gasteiger partial charge in [0, 0.05) is 12.6 Å². The number of aliphatic imine (C=N–C) groups is 1. The van der Waals surface area contributed by atoms with Gasteiger partial charge in [0.25, 0.3) is 0 Å². The van der Waals surface area contributed by atoms with E-state index in [1.807, 2.05) is 0 Å². The van der Waals surface area contributed by atoms with Gasteiger partial charge in [-0.1, -0.05) is 0 Å². The number of hydrogen-bond acceptors (Lipinski definition) is 4. The number of nitrogens with one attached hydrogen (secondary N) is 2. The SMILES string of the molecule is O=C1NC(CC2CN=CN2)C(=O)N2CCCC12. The lowest BCUT2D eigenvalue weighted by Crippen LogP contribution is -2.62. The third-order valence-electron chi connectivity index (χ3n) is 3.70. The average molecular weight is 236 g/mol. The highest BCUT2D eigenvalue weighted by Gasteiger charge is 2.43. The predicted octanol–water partition coefficient (Wildman–Crippen LogP) is -1.13. The van der Waals surface area contributed by atoms with E-state index in [-0.39, 0.29) is 29.9 Å². The van der Waals surface area contributed by atoms with E-state index in [0.717, 1.165) is 19.4 Å². The molecule has 17 heavy (non-hydrogen) atoms. The van der Waals surface area contributed by atoms with Crippen LogP contribution in [0.5, 0.6) is 0 Å². The van der Waals surface area contributed by atoms with Crippen molar-refractivity contribution in [3.8, 4) is 0 Å². The molecule has 0 radical (unpaired) electrons. The first-order chi connectivity index (χ1) is 8.25. The van der Waals surface area contributed by atoms with Gasteiger partial charge in [0.2, 0.25) is 11.8 Å². The summed E-state index contributed by atoms with van der Waals surface area (Å²) >= 11 is 0. The number of fused-ring (bicyclic) bond motifs is 1. The summed E-state index contributed by atoms with van der Waals surface area (Å²) in [5, 5.41) is 5.92. The molecular formula is C11H16N4O2. The van der Waals surface area contributed by atoms with Crippen LogP contribution < -0.4 is 10.6 Å². The molecule has 0 spiro atoms. The first-order valence-corrected chi connectivity index (χ1v) is 6.11. The zero-order valence-electron chi connectivity index (χ0n) is 9.56. The van der Waals surface area contributed by atoms with Crippen molar-refractivity contribution in [1.82, 2.24) is 15.5 Å². The van der Waals surface area contributed by atoms with Crippen LogP contribution in [0, 0.1) is 0 Å². The first-order valence-electron chi connectivity index (χ1n) is 6.11. The molecule has 0 aromatic heterocycles. The summed E-state index contributed by atoms with van der Waals surface area (Å²) in [5.74, 6) is 0.0758. The summed E-state index contributed by atoms with van der Waals surface area (Å²) in [6, 6.07) is -0.425. The van der Waals surface area contributed by atoms with E-state index in [1.165, 1.54) is 0 Å². The van der Waals surface area contributed by atoms with Crippen molar-refractivity contribution in [2.75, 3.05) is 13.1 Å².